The summed E-state index contributed by atoms with van der Waals surface area (Å²) in [5.74, 6) is 1.06. The van der Waals surface area contributed by atoms with Gasteiger partial charge in [0.15, 0.2) is 0 Å². The molecule has 0 spiro atoms. The zero-order chi connectivity index (χ0) is 41.0. The van der Waals surface area contributed by atoms with Crippen molar-refractivity contribution in [2.75, 3.05) is 26.4 Å². The molecule has 5 aliphatic carbocycles. The van der Waals surface area contributed by atoms with E-state index in [0.717, 1.165) is 103 Å². The second kappa shape index (κ2) is 15.6. The van der Waals surface area contributed by atoms with Crippen LogP contribution < -0.4 is 5.32 Å². The van der Waals surface area contributed by atoms with Crippen molar-refractivity contribution in [1.29, 1.82) is 0 Å². The van der Waals surface area contributed by atoms with Gasteiger partial charge in [-0.15, -0.1) is 0 Å². The highest BCUT2D eigenvalue weighted by Gasteiger charge is 2.69. The summed E-state index contributed by atoms with van der Waals surface area (Å²) in [4.78, 5) is 52.8. The van der Waals surface area contributed by atoms with Crippen LogP contribution in [0.5, 0.6) is 0 Å². The van der Waals surface area contributed by atoms with Crippen molar-refractivity contribution in [2.24, 2.45) is 56.2 Å². The molecule has 0 aromatic heterocycles. The third-order valence-corrected chi connectivity index (χ3v) is 17.6. The van der Waals surface area contributed by atoms with Gasteiger partial charge in [0, 0.05) is 37.4 Å². The topological polar surface area (TPSA) is 108 Å². The summed E-state index contributed by atoms with van der Waals surface area (Å²) in [5.41, 5.74) is 1.97. The molecule has 8 nitrogen and oxygen atoms in total. The Hall–Kier alpha value is -3.00. The van der Waals surface area contributed by atoms with Gasteiger partial charge in [-0.1, -0.05) is 72.2 Å². The van der Waals surface area contributed by atoms with E-state index >= 15 is 0 Å². The Morgan fingerprint density at radius 1 is 0.807 bits per heavy atom. The maximum atomic E-state index is 14.7. The number of Topliss-reactive ketones (excluding diaryl/α,β-unsaturated/α-hetero) is 1. The first kappa shape index (κ1) is 42.1. The van der Waals surface area contributed by atoms with Crippen LogP contribution >= 0.6 is 0 Å². The summed E-state index contributed by atoms with van der Waals surface area (Å²) in [6.45, 7) is 20.5. The molecule has 57 heavy (non-hydrogen) atoms. The molecule has 1 heterocycles. The molecule has 1 aromatic rings. The quantitative estimate of drug-likeness (QED) is 0.143. The highest BCUT2D eigenvalue weighted by molar-refractivity contribution is 6.03. The Labute approximate surface area is 342 Å². The van der Waals surface area contributed by atoms with Crippen LogP contribution in [0.25, 0.3) is 0 Å². The smallest absolute Gasteiger partial charge is 0.339 e. The Kier molecular flexibility index (Phi) is 11.5. The number of ether oxygens (including phenoxy) is 3. The first-order valence-corrected chi connectivity index (χ1v) is 22.4. The fourth-order valence-electron chi connectivity index (χ4n) is 14.0. The number of hydrogen-bond acceptors (Lipinski definition) is 7. The molecule has 0 radical (unpaired) electrons. The summed E-state index contributed by atoms with van der Waals surface area (Å²) in [6, 6.07) is 6.69. The van der Waals surface area contributed by atoms with Crippen molar-refractivity contribution in [2.45, 2.75) is 151 Å². The maximum absolute atomic E-state index is 14.7. The largest absolute Gasteiger partial charge is 0.460 e. The van der Waals surface area contributed by atoms with Crippen LogP contribution in [0.4, 0.5) is 0 Å². The van der Waals surface area contributed by atoms with Crippen molar-refractivity contribution >= 4 is 23.6 Å². The van der Waals surface area contributed by atoms with Gasteiger partial charge in [0.25, 0.3) is 0 Å². The van der Waals surface area contributed by atoms with Crippen molar-refractivity contribution < 1.29 is 33.4 Å². The van der Waals surface area contributed by atoms with E-state index in [0.29, 0.717) is 29.5 Å². The average Bonchev–Trinajstić information content (AvgIpc) is 3.17. The molecular formula is C49H71NO7. The van der Waals surface area contributed by atoms with Crippen LogP contribution in [-0.4, -0.2) is 56.1 Å². The lowest BCUT2D eigenvalue weighted by Crippen LogP contribution is -2.65. The van der Waals surface area contributed by atoms with Crippen LogP contribution in [0.3, 0.4) is 0 Å². The van der Waals surface area contributed by atoms with Gasteiger partial charge >= 0.3 is 11.9 Å². The Balaban J connectivity index is 1.10. The van der Waals surface area contributed by atoms with Gasteiger partial charge in [0.2, 0.25) is 5.91 Å². The molecule has 1 amide bonds. The van der Waals surface area contributed by atoms with E-state index in [4.69, 9.17) is 14.2 Å². The number of nitrogens with one attached hydrogen (secondary N) is 1. The lowest BCUT2D eigenvalue weighted by Gasteiger charge is -2.71. The molecule has 1 saturated heterocycles. The van der Waals surface area contributed by atoms with E-state index in [1.807, 2.05) is 0 Å². The summed E-state index contributed by atoms with van der Waals surface area (Å²) in [6.07, 6.45) is 16.7. The number of ketones is 1. The third-order valence-electron chi connectivity index (χ3n) is 17.6. The van der Waals surface area contributed by atoms with Crippen LogP contribution in [0.1, 0.15) is 166 Å². The molecule has 7 rings (SSSR count). The van der Waals surface area contributed by atoms with Crippen LogP contribution in [0, 0.1) is 56.2 Å². The molecule has 1 N–H and O–H groups in total. The van der Waals surface area contributed by atoms with Crippen LogP contribution in [0.2, 0.25) is 0 Å². The number of carbonyl (C=O) groups is 4. The number of carbonyl (C=O) groups excluding carboxylic acids is 4. The predicted octanol–water partition coefficient (Wildman–Crippen LogP) is 10.1. The average molecular weight is 786 g/mol. The fourth-order valence-corrected chi connectivity index (χ4v) is 14.0. The Morgan fingerprint density at radius 3 is 2.19 bits per heavy atom. The van der Waals surface area contributed by atoms with E-state index < -0.39 is 11.9 Å². The molecule has 4 saturated carbocycles. The standard InChI is InChI=1S/C49H71NO7/c1-32(51)50-27-30-56-42(53)34-11-9-10-12-35(34)43(54)57-41-18-21-46(6)38(45(41,4)5)17-22-48(8)39(46)15-14-36-37-31-44(2,3)23-25-49(37,26-24-47(36,48)7)40(52)16-13-33-19-28-55-29-20-33/h9-12,14,33,37-39,41H,13,15-31H2,1-8H3,(H,50,51)/t37-,38-,39+,41?,46-,47+,48+,49-/m0/s1. The molecule has 314 valence electrons. The Morgan fingerprint density at radius 2 is 1.49 bits per heavy atom. The van der Waals surface area contributed by atoms with Gasteiger partial charge in [-0.3, -0.25) is 9.59 Å². The van der Waals surface area contributed by atoms with Gasteiger partial charge in [-0.05, 0) is 141 Å². The molecule has 8 atom stereocenters. The summed E-state index contributed by atoms with van der Waals surface area (Å²) in [5, 5.41) is 2.62. The van der Waals surface area contributed by atoms with E-state index in [2.05, 4.69) is 59.9 Å². The molecule has 8 heteroatoms. The minimum absolute atomic E-state index is 0.0159. The van der Waals surface area contributed by atoms with Crippen molar-refractivity contribution in [3.63, 3.8) is 0 Å². The van der Waals surface area contributed by atoms with Crippen molar-refractivity contribution in [3.05, 3.63) is 47.0 Å². The highest BCUT2D eigenvalue weighted by atomic mass is 16.5. The van der Waals surface area contributed by atoms with Crippen LogP contribution in [0.15, 0.2) is 35.9 Å². The third kappa shape index (κ3) is 7.34. The monoisotopic (exact) mass is 786 g/mol. The lowest BCUT2D eigenvalue weighted by molar-refractivity contribution is -0.203. The highest BCUT2D eigenvalue weighted by Crippen LogP contribution is 2.76. The van der Waals surface area contributed by atoms with Gasteiger partial charge < -0.3 is 19.5 Å². The van der Waals surface area contributed by atoms with E-state index in [-0.39, 0.29) is 68.8 Å². The second-order valence-corrected chi connectivity index (χ2v) is 21.3. The van der Waals surface area contributed by atoms with Crippen molar-refractivity contribution in [3.8, 4) is 0 Å². The van der Waals surface area contributed by atoms with E-state index in [1.54, 1.807) is 29.8 Å². The zero-order valence-electron chi connectivity index (χ0n) is 36.4. The second-order valence-electron chi connectivity index (χ2n) is 21.3. The Bertz CT molecular complexity index is 1760. The molecule has 1 unspecified atom stereocenters. The summed E-state index contributed by atoms with van der Waals surface area (Å²) in [7, 11) is 0. The number of allylic oxidation sites excluding steroid dienone is 2. The molecule has 6 aliphatic rings. The van der Waals surface area contributed by atoms with Crippen molar-refractivity contribution in [1.82, 2.24) is 5.32 Å². The maximum Gasteiger partial charge on any atom is 0.339 e. The van der Waals surface area contributed by atoms with Crippen LogP contribution in [-0.2, 0) is 23.8 Å². The number of esters is 2. The van der Waals surface area contributed by atoms with E-state index in [9.17, 15) is 19.2 Å². The normalized spacial score (nSPS) is 36.9. The minimum Gasteiger partial charge on any atom is -0.460 e. The molecular weight excluding hydrogens is 715 g/mol. The molecule has 0 bridgehead atoms. The van der Waals surface area contributed by atoms with Gasteiger partial charge in [-0.2, -0.15) is 0 Å². The molecule has 1 aromatic carbocycles. The minimum atomic E-state index is -0.607. The SMILES string of the molecule is CC(=O)NCCOC(=O)c1ccccc1C(=O)OC1CC[C@]2(C)[C@H]3CC=C4[C@@H]5CC(C)(C)CC[C@]5(C(=O)CCC5CCOCC5)CC[C@@]4(C)[C@]3(C)CC[C@H]2C1(C)C. The number of fused-ring (bicyclic) bond motifs is 7. The molecule has 5 fully saturated rings. The first-order chi connectivity index (χ1) is 26.9. The predicted molar refractivity (Wildman–Crippen MR) is 221 cm³/mol. The summed E-state index contributed by atoms with van der Waals surface area (Å²) >= 11 is 0. The lowest BCUT2D eigenvalue weighted by atomic mass is 9.33. The fraction of sp³-hybridized carbons (Fsp3) is 0.755. The van der Waals surface area contributed by atoms with E-state index in [1.165, 1.54) is 6.92 Å². The number of rotatable bonds is 10. The van der Waals surface area contributed by atoms with Gasteiger partial charge in [0.1, 0.15) is 18.5 Å². The van der Waals surface area contributed by atoms with Gasteiger partial charge in [0.05, 0.1) is 17.7 Å². The molecule has 1 aliphatic heterocycles. The zero-order valence-corrected chi connectivity index (χ0v) is 36.4. The number of hydrogen-bond donors (Lipinski definition) is 1. The number of benzene rings is 1. The number of amides is 1. The summed E-state index contributed by atoms with van der Waals surface area (Å²) < 4.78 is 17.4. The first-order valence-electron chi connectivity index (χ1n) is 22.4. The van der Waals surface area contributed by atoms with Gasteiger partial charge in [-0.25, -0.2) is 9.59 Å².